The first kappa shape index (κ1) is 21.9. The van der Waals surface area contributed by atoms with Crippen molar-refractivity contribution in [3.63, 3.8) is 0 Å². The van der Waals surface area contributed by atoms with Crippen molar-refractivity contribution >= 4 is 56.8 Å². The highest BCUT2D eigenvalue weighted by Crippen LogP contribution is 2.27. The van der Waals surface area contributed by atoms with E-state index in [0.717, 1.165) is 10.0 Å². The summed E-state index contributed by atoms with van der Waals surface area (Å²) in [5.41, 5.74) is 1.93. The molecule has 0 atom stereocenters. The Labute approximate surface area is 192 Å². The Morgan fingerprint density at radius 3 is 2.47 bits per heavy atom. The fourth-order valence-electron chi connectivity index (χ4n) is 2.57. The number of ether oxygens (including phenoxy) is 1. The summed E-state index contributed by atoms with van der Waals surface area (Å²) in [6.45, 7) is 0.308. The van der Waals surface area contributed by atoms with Crippen molar-refractivity contribution < 1.29 is 9.53 Å². The smallest absolute Gasteiger partial charge is 0.266 e. The Morgan fingerprint density at radius 2 is 1.77 bits per heavy atom. The average Bonchev–Trinajstić information content (AvgIpc) is 2.74. The van der Waals surface area contributed by atoms with Crippen LogP contribution in [0, 0.1) is 11.3 Å². The van der Waals surface area contributed by atoms with E-state index in [0.29, 0.717) is 33.7 Å². The number of carbonyl (C=O) groups is 1. The minimum Gasteiger partial charge on any atom is -0.488 e. The van der Waals surface area contributed by atoms with E-state index in [2.05, 4.69) is 21.2 Å². The van der Waals surface area contributed by atoms with Gasteiger partial charge in [-0.15, -0.1) is 0 Å². The van der Waals surface area contributed by atoms with Crippen molar-refractivity contribution in [3.05, 3.63) is 97.9 Å². The summed E-state index contributed by atoms with van der Waals surface area (Å²) < 4.78 is 6.85. The van der Waals surface area contributed by atoms with Gasteiger partial charge in [0.1, 0.15) is 24.0 Å². The van der Waals surface area contributed by atoms with Crippen molar-refractivity contribution in [2.45, 2.75) is 6.61 Å². The van der Waals surface area contributed by atoms with Gasteiger partial charge in [0.05, 0.1) is 0 Å². The van der Waals surface area contributed by atoms with E-state index in [4.69, 9.17) is 27.9 Å². The molecule has 0 aliphatic rings. The predicted molar refractivity (Wildman–Crippen MR) is 124 cm³/mol. The van der Waals surface area contributed by atoms with Crippen LogP contribution in [0.25, 0.3) is 6.08 Å². The number of carbonyl (C=O) groups excluding carboxylic acids is 1. The minimum atomic E-state index is -0.545. The summed E-state index contributed by atoms with van der Waals surface area (Å²) in [6.07, 6.45) is 1.45. The van der Waals surface area contributed by atoms with Gasteiger partial charge in [-0.1, -0.05) is 57.3 Å². The first-order valence-electron chi connectivity index (χ1n) is 8.81. The molecule has 0 aliphatic carbocycles. The van der Waals surface area contributed by atoms with Gasteiger partial charge in [0.2, 0.25) is 0 Å². The summed E-state index contributed by atoms with van der Waals surface area (Å²) in [5, 5.41) is 13.2. The summed E-state index contributed by atoms with van der Waals surface area (Å²) >= 11 is 15.5. The fourth-order valence-corrected chi connectivity index (χ4v) is 3.28. The Balaban J connectivity index is 1.83. The van der Waals surface area contributed by atoms with Gasteiger partial charge in [-0.25, -0.2) is 0 Å². The zero-order valence-electron chi connectivity index (χ0n) is 15.5. The van der Waals surface area contributed by atoms with E-state index >= 15 is 0 Å². The number of hydrogen-bond donors (Lipinski definition) is 1. The number of hydrogen-bond acceptors (Lipinski definition) is 3. The molecule has 1 N–H and O–H groups in total. The summed E-state index contributed by atoms with van der Waals surface area (Å²) in [6, 6.07) is 21.3. The first-order chi connectivity index (χ1) is 14.5. The van der Waals surface area contributed by atoms with Gasteiger partial charge in [0.25, 0.3) is 5.91 Å². The second-order valence-electron chi connectivity index (χ2n) is 6.19. The van der Waals surface area contributed by atoms with Crippen molar-refractivity contribution in [2.75, 3.05) is 5.32 Å². The van der Waals surface area contributed by atoms with Crippen molar-refractivity contribution in [1.29, 1.82) is 5.26 Å². The van der Waals surface area contributed by atoms with Gasteiger partial charge in [-0.05, 0) is 54.6 Å². The van der Waals surface area contributed by atoms with Crippen molar-refractivity contribution in [3.8, 4) is 11.8 Å². The molecule has 4 nitrogen and oxygen atoms in total. The molecule has 3 rings (SSSR count). The van der Waals surface area contributed by atoms with E-state index in [1.54, 1.807) is 42.5 Å². The highest BCUT2D eigenvalue weighted by molar-refractivity contribution is 9.10. The lowest BCUT2D eigenvalue weighted by molar-refractivity contribution is -0.112. The first-order valence-corrected chi connectivity index (χ1v) is 10.4. The van der Waals surface area contributed by atoms with E-state index in [1.807, 2.05) is 30.3 Å². The summed E-state index contributed by atoms with van der Waals surface area (Å²) in [7, 11) is 0. The van der Waals surface area contributed by atoms with Gasteiger partial charge < -0.3 is 10.1 Å². The standard InChI is InChI=1S/C23H15BrCl2N2O2/c24-21-4-2-1-3-15(21)14-30-22-10-7-19(26)12-16(22)11-17(13-27)23(29)28-20-8-5-18(25)6-9-20/h1-12H,14H2,(H,28,29)/b17-11+. The molecule has 0 radical (unpaired) electrons. The molecule has 0 fully saturated rings. The zero-order chi connectivity index (χ0) is 21.5. The average molecular weight is 502 g/mol. The number of nitrogens with one attached hydrogen (secondary N) is 1. The topological polar surface area (TPSA) is 62.1 Å². The van der Waals surface area contributed by atoms with E-state index in [1.165, 1.54) is 6.08 Å². The van der Waals surface area contributed by atoms with Crippen LogP contribution in [0.15, 0.2) is 76.8 Å². The number of rotatable bonds is 6. The van der Waals surface area contributed by atoms with Crippen LogP contribution in [-0.2, 0) is 11.4 Å². The normalized spacial score (nSPS) is 10.9. The molecule has 0 saturated heterocycles. The van der Waals surface area contributed by atoms with Crippen LogP contribution in [0.2, 0.25) is 10.0 Å². The Kier molecular flexibility index (Phi) is 7.53. The van der Waals surface area contributed by atoms with Gasteiger partial charge in [-0.2, -0.15) is 5.26 Å². The van der Waals surface area contributed by atoms with Gasteiger partial charge in [0, 0.05) is 31.3 Å². The van der Waals surface area contributed by atoms with Crippen LogP contribution in [-0.4, -0.2) is 5.91 Å². The number of halogens is 3. The number of nitriles is 1. The summed E-state index contributed by atoms with van der Waals surface area (Å²) in [4.78, 5) is 12.5. The number of anilines is 1. The zero-order valence-corrected chi connectivity index (χ0v) is 18.6. The van der Waals surface area contributed by atoms with E-state index < -0.39 is 5.91 Å². The maximum absolute atomic E-state index is 12.5. The third-order valence-electron chi connectivity index (χ3n) is 4.08. The molecule has 150 valence electrons. The minimum absolute atomic E-state index is 0.0852. The van der Waals surface area contributed by atoms with Crippen LogP contribution >= 0.6 is 39.1 Å². The lowest BCUT2D eigenvalue weighted by Gasteiger charge is -2.11. The van der Waals surface area contributed by atoms with Crippen LogP contribution in [0.5, 0.6) is 5.75 Å². The van der Waals surface area contributed by atoms with Gasteiger partial charge in [0.15, 0.2) is 0 Å². The largest absolute Gasteiger partial charge is 0.488 e. The Morgan fingerprint density at radius 1 is 1.07 bits per heavy atom. The molecule has 0 spiro atoms. The molecule has 1 amide bonds. The van der Waals surface area contributed by atoms with Crippen LogP contribution in [0.3, 0.4) is 0 Å². The highest BCUT2D eigenvalue weighted by atomic mass is 79.9. The molecule has 3 aromatic carbocycles. The molecule has 30 heavy (non-hydrogen) atoms. The lowest BCUT2D eigenvalue weighted by atomic mass is 10.1. The Bertz CT molecular complexity index is 1140. The van der Waals surface area contributed by atoms with Gasteiger partial charge >= 0.3 is 0 Å². The molecule has 0 bridgehead atoms. The predicted octanol–water partition coefficient (Wildman–Crippen LogP) is 6.88. The molecular formula is C23H15BrCl2N2O2. The second kappa shape index (κ2) is 10.3. The van der Waals surface area contributed by atoms with E-state index in [-0.39, 0.29) is 5.57 Å². The van der Waals surface area contributed by atoms with Crippen molar-refractivity contribution in [2.24, 2.45) is 0 Å². The molecular weight excluding hydrogens is 487 g/mol. The lowest BCUT2D eigenvalue weighted by Crippen LogP contribution is -2.13. The second-order valence-corrected chi connectivity index (χ2v) is 7.92. The van der Waals surface area contributed by atoms with E-state index in [9.17, 15) is 10.1 Å². The monoisotopic (exact) mass is 500 g/mol. The number of amides is 1. The number of benzene rings is 3. The summed E-state index contributed by atoms with van der Waals surface area (Å²) in [5.74, 6) is -0.0428. The quantitative estimate of drug-likeness (QED) is 0.295. The molecule has 0 unspecified atom stereocenters. The molecule has 0 heterocycles. The molecule has 7 heteroatoms. The van der Waals surface area contributed by atoms with Crippen LogP contribution < -0.4 is 10.1 Å². The van der Waals surface area contributed by atoms with Crippen LogP contribution in [0.4, 0.5) is 5.69 Å². The third kappa shape index (κ3) is 5.87. The highest BCUT2D eigenvalue weighted by Gasteiger charge is 2.12. The van der Waals surface area contributed by atoms with Crippen LogP contribution in [0.1, 0.15) is 11.1 Å². The maximum Gasteiger partial charge on any atom is 0.266 e. The third-order valence-corrected chi connectivity index (χ3v) is 5.34. The maximum atomic E-state index is 12.5. The number of nitrogens with zero attached hydrogens (tertiary/aromatic N) is 1. The fraction of sp³-hybridized carbons (Fsp3) is 0.0435. The Hall–Kier alpha value is -2.78. The molecule has 0 aliphatic heterocycles. The van der Waals surface area contributed by atoms with Crippen molar-refractivity contribution in [1.82, 2.24) is 0 Å². The SMILES string of the molecule is N#C/C(=C\c1cc(Cl)ccc1OCc1ccccc1Br)C(=O)Nc1ccc(Cl)cc1. The molecule has 0 aromatic heterocycles. The molecule has 0 saturated carbocycles. The van der Waals surface area contributed by atoms with Gasteiger partial charge in [-0.3, -0.25) is 4.79 Å². The molecule has 3 aromatic rings.